The van der Waals surface area contributed by atoms with E-state index in [1.807, 2.05) is 31.2 Å². The second-order valence-corrected chi connectivity index (χ2v) is 5.10. The number of hydrogen-bond acceptors (Lipinski definition) is 3. The molecule has 0 aromatic heterocycles. The van der Waals surface area contributed by atoms with Crippen LogP contribution in [0.3, 0.4) is 0 Å². The summed E-state index contributed by atoms with van der Waals surface area (Å²) < 4.78 is 24.7. The van der Waals surface area contributed by atoms with Gasteiger partial charge in [-0.25, -0.2) is 4.39 Å². The smallest absolute Gasteiger partial charge is 0.161 e. The molecule has 1 aliphatic rings. The first-order chi connectivity index (χ1) is 10.2. The van der Waals surface area contributed by atoms with Crippen LogP contribution in [0.1, 0.15) is 24.1 Å². The van der Waals surface area contributed by atoms with Gasteiger partial charge in [-0.3, -0.25) is 0 Å². The Morgan fingerprint density at radius 1 is 1.10 bits per heavy atom. The summed E-state index contributed by atoms with van der Waals surface area (Å²) in [5.41, 5.74) is 1.76. The zero-order valence-electron chi connectivity index (χ0n) is 11.9. The molecular formula is C17H18FNO2. The molecule has 0 radical (unpaired) electrons. The molecule has 21 heavy (non-hydrogen) atoms. The predicted molar refractivity (Wildman–Crippen MR) is 79.1 cm³/mol. The lowest BCUT2D eigenvalue weighted by atomic mass is 10.1. The topological polar surface area (TPSA) is 30.5 Å². The van der Waals surface area contributed by atoms with Crippen molar-refractivity contribution in [2.75, 3.05) is 13.2 Å². The summed E-state index contributed by atoms with van der Waals surface area (Å²) in [4.78, 5) is 0. The van der Waals surface area contributed by atoms with Crippen molar-refractivity contribution in [1.29, 1.82) is 0 Å². The molecule has 2 aromatic rings. The molecule has 1 N–H and O–H groups in total. The van der Waals surface area contributed by atoms with Crippen molar-refractivity contribution >= 4 is 0 Å². The fourth-order valence-electron chi connectivity index (χ4n) is 2.35. The van der Waals surface area contributed by atoms with Gasteiger partial charge in [-0.15, -0.1) is 0 Å². The van der Waals surface area contributed by atoms with E-state index in [-0.39, 0.29) is 11.9 Å². The zero-order valence-corrected chi connectivity index (χ0v) is 11.9. The summed E-state index contributed by atoms with van der Waals surface area (Å²) in [5.74, 6) is 1.38. The molecule has 3 rings (SSSR count). The van der Waals surface area contributed by atoms with Gasteiger partial charge in [0.05, 0.1) is 0 Å². The molecule has 1 atom stereocenters. The molecule has 0 aliphatic carbocycles. The van der Waals surface area contributed by atoms with Crippen molar-refractivity contribution in [3.8, 4) is 11.5 Å². The van der Waals surface area contributed by atoms with Crippen LogP contribution in [-0.2, 0) is 6.54 Å². The van der Waals surface area contributed by atoms with Crippen molar-refractivity contribution in [2.45, 2.75) is 19.5 Å². The minimum atomic E-state index is -0.181. The maximum absolute atomic E-state index is 13.6. The Hall–Kier alpha value is -2.07. The Morgan fingerprint density at radius 3 is 2.67 bits per heavy atom. The second kappa shape index (κ2) is 6.14. The Morgan fingerprint density at radius 2 is 1.86 bits per heavy atom. The second-order valence-electron chi connectivity index (χ2n) is 5.10. The Kier molecular flexibility index (Phi) is 4.06. The van der Waals surface area contributed by atoms with Gasteiger partial charge in [-0.2, -0.15) is 0 Å². The van der Waals surface area contributed by atoms with Crippen LogP contribution in [0.2, 0.25) is 0 Å². The fraction of sp³-hybridized carbons (Fsp3) is 0.294. The maximum atomic E-state index is 13.6. The van der Waals surface area contributed by atoms with Crippen LogP contribution in [0.5, 0.6) is 11.5 Å². The summed E-state index contributed by atoms with van der Waals surface area (Å²) in [6.45, 7) is 3.70. The number of benzene rings is 2. The molecule has 0 spiro atoms. The monoisotopic (exact) mass is 287 g/mol. The van der Waals surface area contributed by atoms with E-state index in [2.05, 4.69) is 5.32 Å². The molecule has 0 bridgehead atoms. The molecule has 1 unspecified atom stereocenters. The summed E-state index contributed by atoms with van der Waals surface area (Å²) in [7, 11) is 0. The average molecular weight is 287 g/mol. The number of halogens is 1. The van der Waals surface area contributed by atoms with Crippen molar-refractivity contribution in [3.63, 3.8) is 0 Å². The third-order valence-corrected chi connectivity index (χ3v) is 3.62. The van der Waals surface area contributed by atoms with Gasteiger partial charge in [-0.05, 0) is 30.7 Å². The number of hydrogen-bond donors (Lipinski definition) is 1. The minimum absolute atomic E-state index is 0.0976. The third-order valence-electron chi connectivity index (χ3n) is 3.62. The van der Waals surface area contributed by atoms with Crippen molar-refractivity contribution in [3.05, 3.63) is 59.4 Å². The fourth-order valence-corrected chi connectivity index (χ4v) is 2.35. The first-order valence-corrected chi connectivity index (χ1v) is 7.10. The third kappa shape index (κ3) is 3.16. The van der Waals surface area contributed by atoms with Crippen molar-refractivity contribution in [1.82, 2.24) is 5.32 Å². The predicted octanol–water partition coefficient (Wildman–Crippen LogP) is 3.45. The molecule has 2 aromatic carbocycles. The molecule has 0 amide bonds. The number of nitrogens with one attached hydrogen (secondary N) is 1. The van der Waals surface area contributed by atoms with Gasteiger partial charge in [0.25, 0.3) is 0 Å². The highest BCUT2D eigenvalue weighted by Gasteiger charge is 2.14. The van der Waals surface area contributed by atoms with Gasteiger partial charge >= 0.3 is 0 Å². The van der Waals surface area contributed by atoms with Crippen LogP contribution >= 0.6 is 0 Å². The van der Waals surface area contributed by atoms with E-state index < -0.39 is 0 Å². The highest BCUT2D eigenvalue weighted by molar-refractivity contribution is 5.44. The largest absolute Gasteiger partial charge is 0.486 e. The van der Waals surface area contributed by atoms with Gasteiger partial charge < -0.3 is 14.8 Å². The van der Waals surface area contributed by atoms with E-state index in [1.165, 1.54) is 6.07 Å². The van der Waals surface area contributed by atoms with Crippen LogP contribution in [0.4, 0.5) is 4.39 Å². The van der Waals surface area contributed by atoms with Crippen LogP contribution in [-0.4, -0.2) is 13.2 Å². The lowest BCUT2D eigenvalue weighted by molar-refractivity contribution is 0.171. The van der Waals surface area contributed by atoms with Gasteiger partial charge in [0.15, 0.2) is 11.5 Å². The van der Waals surface area contributed by atoms with Crippen molar-refractivity contribution < 1.29 is 13.9 Å². The molecule has 3 nitrogen and oxygen atoms in total. The molecule has 0 fully saturated rings. The Labute approximate surface area is 123 Å². The van der Waals surface area contributed by atoms with Crippen molar-refractivity contribution in [2.24, 2.45) is 0 Å². The van der Waals surface area contributed by atoms with Crippen LogP contribution < -0.4 is 14.8 Å². The molecular weight excluding hydrogens is 269 g/mol. The Bertz CT molecular complexity index is 630. The van der Waals surface area contributed by atoms with Gasteiger partial charge in [0.2, 0.25) is 0 Å². The van der Waals surface area contributed by atoms with E-state index in [0.717, 1.165) is 17.1 Å². The number of ether oxygens (including phenoxy) is 2. The van der Waals surface area contributed by atoms with Crippen LogP contribution in [0.15, 0.2) is 42.5 Å². The average Bonchev–Trinajstić information content (AvgIpc) is 2.53. The van der Waals surface area contributed by atoms with Gasteiger partial charge in [0, 0.05) is 18.2 Å². The molecule has 1 aliphatic heterocycles. The first-order valence-electron chi connectivity index (χ1n) is 7.10. The number of rotatable bonds is 4. The van der Waals surface area contributed by atoms with Gasteiger partial charge in [0.1, 0.15) is 19.0 Å². The lowest BCUT2D eigenvalue weighted by Gasteiger charge is -2.21. The summed E-state index contributed by atoms with van der Waals surface area (Å²) in [6, 6.07) is 12.8. The zero-order chi connectivity index (χ0) is 14.7. The summed E-state index contributed by atoms with van der Waals surface area (Å²) in [6.07, 6.45) is 0. The van der Waals surface area contributed by atoms with Crippen LogP contribution in [0.25, 0.3) is 0 Å². The molecule has 4 heteroatoms. The molecule has 110 valence electrons. The standard InChI is InChI=1S/C17H18FNO2/c1-12(19-11-14-4-2-3-5-15(14)18)13-6-7-16-17(10-13)21-9-8-20-16/h2-7,10,12,19H,8-9,11H2,1H3. The Balaban J connectivity index is 1.68. The van der Waals surface area contributed by atoms with E-state index in [1.54, 1.807) is 12.1 Å². The normalized spacial score (nSPS) is 14.8. The van der Waals surface area contributed by atoms with Crippen LogP contribution in [0, 0.1) is 5.82 Å². The highest BCUT2D eigenvalue weighted by Crippen LogP contribution is 2.32. The van der Waals surface area contributed by atoms with E-state index in [4.69, 9.17) is 9.47 Å². The lowest BCUT2D eigenvalue weighted by Crippen LogP contribution is -2.20. The summed E-state index contributed by atoms with van der Waals surface area (Å²) in [5, 5.41) is 3.33. The maximum Gasteiger partial charge on any atom is 0.161 e. The SMILES string of the molecule is CC(NCc1ccccc1F)c1ccc2c(c1)OCCO2. The van der Waals surface area contributed by atoms with E-state index in [0.29, 0.717) is 25.3 Å². The van der Waals surface area contributed by atoms with Gasteiger partial charge in [-0.1, -0.05) is 24.3 Å². The first kappa shape index (κ1) is 13.9. The minimum Gasteiger partial charge on any atom is -0.486 e. The number of fused-ring (bicyclic) bond motifs is 1. The molecule has 1 heterocycles. The quantitative estimate of drug-likeness (QED) is 0.934. The molecule has 0 saturated heterocycles. The van der Waals surface area contributed by atoms with E-state index >= 15 is 0 Å². The summed E-state index contributed by atoms with van der Waals surface area (Å²) >= 11 is 0. The highest BCUT2D eigenvalue weighted by atomic mass is 19.1. The molecule has 0 saturated carbocycles. The van der Waals surface area contributed by atoms with E-state index in [9.17, 15) is 4.39 Å².